The fourth-order valence-electron chi connectivity index (χ4n) is 4.94. The number of amides is 1. The van der Waals surface area contributed by atoms with Crippen LogP contribution >= 0.6 is 0 Å². The summed E-state index contributed by atoms with van der Waals surface area (Å²) in [5.41, 5.74) is 4.53. The molecule has 3 aromatic carbocycles. The number of hydrogen-bond acceptors (Lipinski definition) is 5. The number of unbranched alkanes of at least 4 members (excludes halogenated alkanes) is 2. The summed E-state index contributed by atoms with van der Waals surface area (Å²) in [5.74, 6) is 1.62. The Balaban J connectivity index is 1.05. The molecular weight excluding hydrogens is 495 g/mol. The van der Waals surface area contributed by atoms with Crippen molar-refractivity contribution in [1.82, 2.24) is 4.90 Å². The van der Waals surface area contributed by atoms with Crippen LogP contribution in [-0.4, -0.2) is 42.8 Å². The van der Waals surface area contributed by atoms with Gasteiger partial charge < -0.3 is 19.1 Å². The van der Waals surface area contributed by atoms with Gasteiger partial charge >= 0.3 is 0 Å². The summed E-state index contributed by atoms with van der Waals surface area (Å²) in [4.78, 5) is 19.5. The first-order valence-electron chi connectivity index (χ1n) is 13.7. The predicted molar refractivity (Wildman–Crippen MR) is 151 cm³/mol. The van der Waals surface area contributed by atoms with Gasteiger partial charge in [0.15, 0.2) is 11.6 Å². The van der Waals surface area contributed by atoms with Crippen LogP contribution in [0.4, 0.5) is 10.1 Å². The minimum atomic E-state index is -0.457. The number of rotatable bonds is 10. The van der Waals surface area contributed by atoms with Gasteiger partial charge in [0.05, 0.1) is 30.5 Å². The lowest BCUT2D eigenvalue weighted by atomic mass is 10.1. The highest BCUT2D eigenvalue weighted by molar-refractivity contribution is 6.03. The van der Waals surface area contributed by atoms with Crippen LogP contribution in [0.15, 0.2) is 53.5 Å². The van der Waals surface area contributed by atoms with Gasteiger partial charge in [-0.1, -0.05) is 6.07 Å². The van der Waals surface area contributed by atoms with E-state index in [1.807, 2.05) is 62.2 Å². The van der Waals surface area contributed by atoms with E-state index in [4.69, 9.17) is 14.2 Å². The molecule has 2 aliphatic rings. The number of ether oxygens (including phenoxy) is 3. The second-order valence-electron chi connectivity index (χ2n) is 10.3. The summed E-state index contributed by atoms with van der Waals surface area (Å²) < 4.78 is 32.0. The Labute approximate surface area is 229 Å². The molecule has 204 valence electrons. The molecule has 39 heavy (non-hydrogen) atoms. The normalized spacial score (nSPS) is 16.1. The zero-order valence-electron chi connectivity index (χ0n) is 22.8. The van der Waals surface area contributed by atoms with E-state index in [2.05, 4.69) is 4.99 Å². The first-order valence-corrected chi connectivity index (χ1v) is 13.7. The third kappa shape index (κ3) is 6.24. The molecule has 1 atom stereocenters. The van der Waals surface area contributed by atoms with Gasteiger partial charge in [0.2, 0.25) is 0 Å². The summed E-state index contributed by atoms with van der Waals surface area (Å²) in [7, 11) is 0. The summed E-state index contributed by atoms with van der Waals surface area (Å²) >= 11 is 0. The number of halogens is 1. The van der Waals surface area contributed by atoms with Gasteiger partial charge in [-0.15, -0.1) is 0 Å². The molecule has 0 unspecified atom stereocenters. The zero-order valence-corrected chi connectivity index (χ0v) is 22.8. The third-order valence-corrected chi connectivity index (χ3v) is 7.39. The molecule has 1 fully saturated rings. The van der Waals surface area contributed by atoms with E-state index in [0.717, 1.165) is 61.1 Å². The Hall–Kier alpha value is -3.87. The fraction of sp³-hybridized carbons (Fsp3) is 0.375. The minimum Gasteiger partial charge on any atom is -0.493 e. The lowest BCUT2D eigenvalue weighted by Crippen LogP contribution is -2.35. The van der Waals surface area contributed by atoms with Crippen molar-refractivity contribution in [2.75, 3.05) is 19.8 Å². The number of carbonyl (C=O) groups is 1. The molecule has 2 heterocycles. The summed E-state index contributed by atoms with van der Waals surface area (Å²) in [5, 5.41) is 0. The van der Waals surface area contributed by atoms with Gasteiger partial charge in [-0.2, -0.15) is 0 Å². The SMILES string of the molecule is Cc1ccc(Oc2ccc(OCCCCCOc3cc4c(cc3C)C(=O)N3CCC[C@H]3C=N4)cc2F)cc1C. The number of carbonyl (C=O) groups excluding carboxylic acids is 1. The minimum absolute atomic E-state index is 0.0584. The number of aliphatic imine (C=N–C) groups is 1. The number of hydrogen-bond donors (Lipinski definition) is 0. The van der Waals surface area contributed by atoms with Gasteiger partial charge in [-0.05, 0) is 99.9 Å². The molecule has 0 aromatic heterocycles. The van der Waals surface area contributed by atoms with E-state index < -0.39 is 5.82 Å². The van der Waals surface area contributed by atoms with Crippen LogP contribution in [0.1, 0.15) is 59.2 Å². The molecule has 0 N–H and O–H groups in total. The molecule has 0 aliphatic carbocycles. The van der Waals surface area contributed by atoms with Crippen molar-refractivity contribution in [2.45, 2.75) is 58.9 Å². The molecule has 0 bridgehead atoms. The molecule has 2 aliphatic heterocycles. The van der Waals surface area contributed by atoms with E-state index >= 15 is 0 Å². The van der Waals surface area contributed by atoms with Crippen LogP contribution < -0.4 is 14.2 Å². The second kappa shape index (κ2) is 11.9. The average molecular weight is 531 g/mol. The van der Waals surface area contributed by atoms with Crippen molar-refractivity contribution >= 4 is 17.8 Å². The Morgan fingerprint density at radius 2 is 1.67 bits per heavy atom. The fourth-order valence-corrected chi connectivity index (χ4v) is 4.94. The molecule has 3 aromatic rings. The van der Waals surface area contributed by atoms with Crippen LogP contribution in [0.2, 0.25) is 0 Å². The smallest absolute Gasteiger partial charge is 0.256 e. The number of benzene rings is 3. The standard InChI is InChI=1S/C32H35FN2O4/c1-21-9-10-26(16-22(21)2)39-30-12-11-25(18-28(30)33)37-14-5-4-6-15-38-31-19-29-27(17-23(31)3)32(36)35-13-7-8-24(35)20-34-29/h9-12,16-20,24H,4-8,13-15H2,1-3H3/t24-/m0/s1. The molecule has 1 amide bonds. The van der Waals surface area contributed by atoms with Crippen molar-refractivity contribution in [1.29, 1.82) is 0 Å². The van der Waals surface area contributed by atoms with Crippen molar-refractivity contribution < 1.29 is 23.4 Å². The van der Waals surface area contributed by atoms with Crippen LogP contribution in [-0.2, 0) is 0 Å². The van der Waals surface area contributed by atoms with Gasteiger partial charge in [0, 0.05) is 24.9 Å². The Morgan fingerprint density at radius 3 is 2.46 bits per heavy atom. The van der Waals surface area contributed by atoms with E-state index in [-0.39, 0.29) is 17.7 Å². The highest BCUT2D eigenvalue weighted by Gasteiger charge is 2.32. The first-order chi connectivity index (χ1) is 18.9. The Morgan fingerprint density at radius 1 is 0.872 bits per heavy atom. The van der Waals surface area contributed by atoms with Crippen LogP contribution in [0.25, 0.3) is 0 Å². The molecule has 0 spiro atoms. The van der Waals surface area contributed by atoms with Crippen molar-refractivity contribution in [3.8, 4) is 23.0 Å². The Bertz CT molecular complexity index is 1390. The molecule has 0 radical (unpaired) electrons. The maximum absolute atomic E-state index is 14.5. The molecule has 7 heteroatoms. The van der Waals surface area contributed by atoms with Crippen molar-refractivity contribution in [3.05, 3.63) is 76.6 Å². The number of fused-ring (bicyclic) bond motifs is 2. The van der Waals surface area contributed by atoms with Gasteiger partial charge in [-0.3, -0.25) is 9.79 Å². The van der Waals surface area contributed by atoms with E-state index in [0.29, 0.717) is 36.0 Å². The molecular formula is C32H35FN2O4. The maximum atomic E-state index is 14.5. The van der Waals surface area contributed by atoms with Crippen molar-refractivity contribution in [3.63, 3.8) is 0 Å². The number of aryl methyl sites for hydroxylation is 3. The third-order valence-electron chi connectivity index (χ3n) is 7.39. The highest BCUT2D eigenvalue weighted by Crippen LogP contribution is 2.34. The summed E-state index contributed by atoms with van der Waals surface area (Å²) in [6.45, 7) is 7.83. The lowest BCUT2D eigenvalue weighted by Gasteiger charge is -2.20. The molecule has 5 rings (SSSR count). The van der Waals surface area contributed by atoms with E-state index in [1.165, 1.54) is 6.07 Å². The van der Waals surface area contributed by atoms with Crippen LogP contribution in [0.3, 0.4) is 0 Å². The molecule has 0 saturated carbocycles. The van der Waals surface area contributed by atoms with Gasteiger partial charge in [-0.25, -0.2) is 4.39 Å². The van der Waals surface area contributed by atoms with E-state index in [1.54, 1.807) is 12.1 Å². The molecule has 1 saturated heterocycles. The van der Waals surface area contributed by atoms with Crippen molar-refractivity contribution in [2.24, 2.45) is 4.99 Å². The highest BCUT2D eigenvalue weighted by atomic mass is 19.1. The zero-order chi connectivity index (χ0) is 27.4. The second-order valence-corrected chi connectivity index (χ2v) is 10.3. The van der Waals surface area contributed by atoms with E-state index in [9.17, 15) is 9.18 Å². The average Bonchev–Trinajstić information content (AvgIpc) is 3.35. The predicted octanol–water partition coefficient (Wildman–Crippen LogP) is 7.49. The monoisotopic (exact) mass is 530 g/mol. The summed E-state index contributed by atoms with van der Waals surface area (Å²) in [6, 6.07) is 14.2. The lowest BCUT2D eigenvalue weighted by molar-refractivity contribution is 0.0774. The number of nitrogens with zero attached hydrogens (tertiary/aromatic N) is 2. The maximum Gasteiger partial charge on any atom is 0.256 e. The largest absolute Gasteiger partial charge is 0.493 e. The van der Waals surface area contributed by atoms with Gasteiger partial charge in [0.25, 0.3) is 5.91 Å². The summed E-state index contributed by atoms with van der Waals surface area (Å²) in [6.07, 6.45) is 6.48. The first kappa shape index (κ1) is 26.7. The topological polar surface area (TPSA) is 60.4 Å². The Kier molecular flexibility index (Phi) is 8.15. The van der Waals surface area contributed by atoms with Crippen LogP contribution in [0.5, 0.6) is 23.0 Å². The van der Waals surface area contributed by atoms with Gasteiger partial charge in [0.1, 0.15) is 17.2 Å². The molecule has 6 nitrogen and oxygen atoms in total. The quantitative estimate of drug-likeness (QED) is 0.255. The van der Waals surface area contributed by atoms with Crippen LogP contribution in [0, 0.1) is 26.6 Å².